The summed E-state index contributed by atoms with van der Waals surface area (Å²) in [5.74, 6) is 0.0697. The van der Waals surface area contributed by atoms with Gasteiger partial charge >= 0.3 is 0 Å². The first-order valence-corrected chi connectivity index (χ1v) is 7.98. The van der Waals surface area contributed by atoms with Crippen LogP contribution in [0.2, 0.25) is 0 Å². The van der Waals surface area contributed by atoms with Gasteiger partial charge in [-0.2, -0.15) is 0 Å². The smallest absolute Gasteiger partial charge is 0.227 e. The maximum atomic E-state index is 12.4. The van der Waals surface area contributed by atoms with E-state index in [-0.39, 0.29) is 5.91 Å². The lowest BCUT2D eigenvalue weighted by Crippen LogP contribution is -2.44. The van der Waals surface area contributed by atoms with Crippen LogP contribution < -0.4 is 11.1 Å². The Balaban J connectivity index is 2.10. The highest BCUT2D eigenvalue weighted by Crippen LogP contribution is 2.27. The molecule has 0 saturated carbocycles. The quantitative estimate of drug-likeness (QED) is 0.857. The monoisotopic (exact) mass is 290 g/mol. The van der Waals surface area contributed by atoms with Gasteiger partial charge in [-0.3, -0.25) is 4.79 Å². The van der Waals surface area contributed by atoms with Crippen LogP contribution >= 0.6 is 11.3 Å². The van der Waals surface area contributed by atoms with Gasteiger partial charge in [0.15, 0.2) is 0 Å². The number of thiophene rings is 1. The van der Waals surface area contributed by atoms with E-state index in [1.165, 1.54) is 15.6 Å². The Morgan fingerprint density at radius 2 is 2.00 bits per heavy atom. The predicted octanol–water partition coefficient (Wildman–Crippen LogP) is 3.28. The molecule has 0 saturated heterocycles. The van der Waals surface area contributed by atoms with Crippen LogP contribution in [0.3, 0.4) is 0 Å². The zero-order chi connectivity index (χ0) is 14.6. The van der Waals surface area contributed by atoms with Crippen molar-refractivity contribution < 1.29 is 4.79 Å². The largest absolute Gasteiger partial charge is 0.351 e. The fourth-order valence-corrected chi connectivity index (χ4v) is 3.45. The summed E-state index contributed by atoms with van der Waals surface area (Å²) in [5.41, 5.74) is 6.56. The highest BCUT2D eigenvalue weighted by Gasteiger charge is 2.32. The Morgan fingerprint density at radius 3 is 2.65 bits per heavy atom. The number of hydrogen-bond donors (Lipinski definition) is 2. The number of benzene rings is 1. The summed E-state index contributed by atoms with van der Waals surface area (Å²) in [5, 5.41) is 6.40. The number of nitrogens with two attached hydrogens (primary N) is 1. The summed E-state index contributed by atoms with van der Waals surface area (Å²) in [6.07, 6.45) is 1.55. The summed E-state index contributed by atoms with van der Waals surface area (Å²) in [7, 11) is 0. The molecule has 20 heavy (non-hydrogen) atoms. The van der Waals surface area contributed by atoms with Gasteiger partial charge in [-0.25, -0.2) is 0 Å². The zero-order valence-corrected chi connectivity index (χ0v) is 12.9. The van der Waals surface area contributed by atoms with Gasteiger partial charge in [0.2, 0.25) is 5.91 Å². The van der Waals surface area contributed by atoms with Gasteiger partial charge in [0.25, 0.3) is 0 Å². The van der Waals surface area contributed by atoms with Gasteiger partial charge in [-0.15, -0.1) is 11.3 Å². The lowest BCUT2D eigenvalue weighted by molar-refractivity contribution is -0.131. The van der Waals surface area contributed by atoms with E-state index in [1.807, 2.05) is 26.0 Å². The summed E-state index contributed by atoms with van der Waals surface area (Å²) < 4.78 is 1.26. The first-order valence-electron chi connectivity index (χ1n) is 7.10. The fraction of sp³-hybridized carbons (Fsp3) is 0.438. The minimum atomic E-state index is -0.425. The molecule has 1 amide bonds. The first kappa shape index (κ1) is 15.0. The van der Waals surface area contributed by atoms with E-state index in [4.69, 9.17) is 5.73 Å². The highest BCUT2D eigenvalue weighted by molar-refractivity contribution is 7.17. The Labute approximate surface area is 124 Å². The van der Waals surface area contributed by atoms with Crippen molar-refractivity contribution in [2.24, 2.45) is 11.1 Å². The van der Waals surface area contributed by atoms with Crippen LogP contribution in [0, 0.1) is 5.41 Å². The van der Waals surface area contributed by atoms with Crippen molar-refractivity contribution in [3.05, 3.63) is 35.2 Å². The van der Waals surface area contributed by atoms with E-state index >= 15 is 0 Å². The molecular weight excluding hydrogens is 268 g/mol. The predicted molar refractivity (Wildman–Crippen MR) is 85.7 cm³/mol. The topological polar surface area (TPSA) is 55.1 Å². The standard InChI is InChI=1S/C16H22N2OS/c1-3-16(4-2,11-17)15(19)18-9-12-10-20-14-8-6-5-7-13(12)14/h5-8,10H,3-4,9,11,17H2,1-2H3,(H,18,19). The summed E-state index contributed by atoms with van der Waals surface area (Å²) in [6, 6.07) is 8.27. The van der Waals surface area contributed by atoms with E-state index in [1.54, 1.807) is 11.3 Å². The molecule has 1 aromatic heterocycles. The Morgan fingerprint density at radius 1 is 1.30 bits per heavy atom. The van der Waals surface area contributed by atoms with E-state index in [9.17, 15) is 4.79 Å². The van der Waals surface area contributed by atoms with Gasteiger partial charge in [-0.1, -0.05) is 32.0 Å². The second kappa shape index (κ2) is 6.37. The number of rotatable bonds is 6. The number of hydrogen-bond acceptors (Lipinski definition) is 3. The molecule has 0 bridgehead atoms. The van der Waals surface area contributed by atoms with Crippen LogP contribution in [0.1, 0.15) is 32.3 Å². The average Bonchev–Trinajstić information content (AvgIpc) is 2.91. The van der Waals surface area contributed by atoms with Crippen molar-refractivity contribution in [3.63, 3.8) is 0 Å². The lowest BCUT2D eigenvalue weighted by atomic mass is 9.81. The molecule has 0 aliphatic carbocycles. The van der Waals surface area contributed by atoms with Crippen LogP contribution in [0.25, 0.3) is 10.1 Å². The molecule has 0 spiro atoms. The van der Waals surface area contributed by atoms with E-state index in [0.29, 0.717) is 13.1 Å². The molecular formula is C16H22N2OS. The second-order valence-corrected chi connectivity index (χ2v) is 6.04. The molecule has 1 heterocycles. The molecule has 108 valence electrons. The van der Waals surface area contributed by atoms with E-state index < -0.39 is 5.41 Å². The maximum absolute atomic E-state index is 12.4. The van der Waals surface area contributed by atoms with Crippen molar-refractivity contribution in [3.8, 4) is 0 Å². The van der Waals surface area contributed by atoms with Crippen molar-refractivity contribution in [2.75, 3.05) is 6.54 Å². The number of nitrogens with one attached hydrogen (secondary N) is 1. The molecule has 0 unspecified atom stereocenters. The summed E-state index contributed by atoms with van der Waals surface area (Å²) in [4.78, 5) is 12.4. The molecule has 4 heteroatoms. The molecule has 0 fully saturated rings. The minimum Gasteiger partial charge on any atom is -0.351 e. The van der Waals surface area contributed by atoms with Gasteiger partial charge < -0.3 is 11.1 Å². The van der Waals surface area contributed by atoms with Crippen molar-refractivity contribution >= 4 is 27.3 Å². The van der Waals surface area contributed by atoms with Crippen molar-refractivity contribution in [1.29, 1.82) is 0 Å². The average molecular weight is 290 g/mol. The highest BCUT2D eigenvalue weighted by atomic mass is 32.1. The second-order valence-electron chi connectivity index (χ2n) is 5.13. The van der Waals surface area contributed by atoms with Crippen LogP contribution in [-0.4, -0.2) is 12.5 Å². The van der Waals surface area contributed by atoms with E-state index in [0.717, 1.165) is 12.8 Å². The Kier molecular flexibility index (Phi) is 4.78. The van der Waals surface area contributed by atoms with Gasteiger partial charge in [0, 0.05) is 17.8 Å². The van der Waals surface area contributed by atoms with Crippen LogP contribution in [0.5, 0.6) is 0 Å². The molecule has 3 N–H and O–H groups in total. The molecule has 1 aromatic carbocycles. The number of fused-ring (bicyclic) bond motifs is 1. The van der Waals surface area contributed by atoms with Gasteiger partial charge in [-0.05, 0) is 35.2 Å². The maximum Gasteiger partial charge on any atom is 0.227 e. The molecule has 0 aliphatic heterocycles. The lowest BCUT2D eigenvalue weighted by Gasteiger charge is -2.28. The third kappa shape index (κ3) is 2.72. The Hall–Kier alpha value is -1.39. The van der Waals surface area contributed by atoms with Gasteiger partial charge in [0.05, 0.1) is 5.41 Å². The SMILES string of the molecule is CCC(CC)(CN)C(=O)NCc1csc2ccccc12. The summed E-state index contributed by atoms with van der Waals surface area (Å²) in [6.45, 7) is 5.02. The van der Waals surface area contributed by atoms with Crippen molar-refractivity contribution in [2.45, 2.75) is 33.2 Å². The van der Waals surface area contributed by atoms with Crippen LogP contribution in [0.4, 0.5) is 0 Å². The van der Waals surface area contributed by atoms with Crippen molar-refractivity contribution in [1.82, 2.24) is 5.32 Å². The van der Waals surface area contributed by atoms with Crippen LogP contribution in [0.15, 0.2) is 29.6 Å². The third-order valence-corrected chi connectivity index (χ3v) is 5.24. The number of carbonyl (C=O) groups is 1. The first-order chi connectivity index (χ1) is 9.66. The molecule has 3 nitrogen and oxygen atoms in total. The Bertz CT molecular complexity index is 579. The number of amides is 1. The summed E-state index contributed by atoms with van der Waals surface area (Å²) >= 11 is 1.71. The van der Waals surface area contributed by atoms with Crippen LogP contribution in [-0.2, 0) is 11.3 Å². The molecule has 0 aliphatic rings. The minimum absolute atomic E-state index is 0.0697. The molecule has 2 aromatic rings. The molecule has 2 rings (SSSR count). The molecule has 0 atom stereocenters. The fourth-order valence-electron chi connectivity index (χ4n) is 2.49. The van der Waals surface area contributed by atoms with E-state index in [2.05, 4.69) is 22.8 Å². The third-order valence-electron chi connectivity index (χ3n) is 4.23. The normalized spacial score (nSPS) is 11.8. The van der Waals surface area contributed by atoms with Gasteiger partial charge in [0.1, 0.15) is 0 Å². The zero-order valence-electron chi connectivity index (χ0n) is 12.1. The molecule has 0 radical (unpaired) electrons. The number of carbonyl (C=O) groups excluding carboxylic acids is 1.